The van der Waals surface area contributed by atoms with Gasteiger partial charge in [-0.05, 0) is 6.42 Å². The van der Waals surface area contributed by atoms with E-state index < -0.39 is 0 Å². The predicted octanol–water partition coefficient (Wildman–Crippen LogP) is 6.06. The van der Waals surface area contributed by atoms with E-state index in [1.807, 2.05) is 74.0 Å². The Morgan fingerprint density at radius 2 is 0.933 bits per heavy atom. The summed E-state index contributed by atoms with van der Waals surface area (Å²) >= 11 is 0. The first-order valence-electron chi connectivity index (χ1n) is 5.79. The molecule has 0 aromatic heterocycles. The molecule has 0 aromatic carbocycles. The molecule has 0 spiro atoms. The fraction of sp³-hybridized carbons (Fsp3) is 0.643. The van der Waals surface area contributed by atoms with Gasteiger partial charge in [-0.1, -0.05) is 53.7 Å². The Morgan fingerprint density at radius 3 is 0.933 bits per heavy atom. The molecule has 0 unspecified atom stereocenters. The summed E-state index contributed by atoms with van der Waals surface area (Å²) < 4.78 is 0. The van der Waals surface area contributed by atoms with Crippen molar-refractivity contribution in [2.45, 2.75) is 61.8 Å². The molecular formula is C14H33V-. The Balaban J connectivity index is -0.0000000179. The fourth-order valence-corrected chi connectivity index (χ4v) is 0.118. The van der Waals surface area contributed by atoms with Crippen LogP contribution >= 0.6 is 0 Å². The quantitative estimate of drug-likeness (QED) is 0.414. The summed E-state index contributed by atoms with van der Waals surface area (Å²) in [5, 5.41) is 0. The van der Waals surface area contributed by atoms with Gasteiger partial charge in [-0.15, -0.1) is 13.2 Å². The van der Waals surface area contributed by atoms with Gasteiger partial charge in [-0.25, -0.2) is 0 Å². The monoisotopic (exact) mass is 252 g/mol. The maximum atomic E-state index is 3.48. The summed E-state index contributed by atoms with van der Waals surface area (Å²) in [6, 6.07) is 0. The first kappa shape index (κ1) is 36.3. The van der Waals surface area contributed by atoms with E-state index in [2.05, 4.69) is 13.2 Å². The van der Waals surface area contributed by atoms with Crippen molar-refractivity contribution in [1.29, 1.82) is 0 Å². The van der Waals surface area contributed by atoms with Gasteiger partial charge in [-0.2, -0.15) is 13.8 Å². The van der Waals surface area contributed by atoms with Crippen molar-refractivity contribution < 1.29 is 18.6 Å². The first-order chi connectivity index (χ1) is 6.83. The van der Waals surface area contributed by atoms with E-state index in [0.29, 0.717) is 0 Å². The van der Waals surface area contributed by atoms with Crippen LogP contribution < -0.4 is 0 Å². The number of rotatable bonds is 2. The minimum atomic E-state index is 0. The van der Waals surface area contributed by atoms with Crippen molar-refractivity contribution in [2.24, 2.45) is 0 Å². The SMILES string of the molecule is C=CCC=C.CC.CC.CC.C[CH-]C.[V]. The molecule has 0 aliphatic carbocycles. The van der Waals surface area contributed by atoms with Crippen LogP contribution in [-0.4, -0.2) is 0 Å². The second-order valence-corrected chi connectivity index (χ2v) is 1.39. The average molecular weight is 252 g/mol. The van der Waals surface area contributed by atoms with Gasteiger partial charge in [0.1, 0.15) is 0 Å². The summed E-state index contributed by atoms with van der Waals surface area (Å²) in [7, 11) is 0. The molecule has 1 heteroatoms. The third kappa shape index (κ3) is 480. The van der Waals surface area contributed by atoms with Crippen molar-refractivity contribution in [3.8, 4) is 0 Å². The molecule has 0 nitrogen and oxygen atoms in total. The molecular weight excluding hydrogens is 219 g/mol. The predicted molar refractivity (Wildman–Crippen MR) is 74.7 cm³/mol. The van der Waals surface area contributed by atoms with E-state index >= 15 is 0 Å². The van der Waals surface area contributed by atoms with Crippen LogP contribution in [-0.2, 0) is 18.6 Å². The van der Waals surface area contributed by atoms with Crippen LogP contribution in [0.3, 0.4) is 0 Å². The molecule has 0 saturated heterocycles. The van der Waals surface area contributed by atoms with Gasteiger partial charge in [0.25, 0.3) is 0 Å². The molecule has 0 bridgehead atoms. The van der Waals surface area contributed by atoms with Gasteiger partial charge >= 0.3 is 0 Å². The maximum absolute atomic E-state index is 3.48. The summed E-state index contributed by atoms with van der Waals surface area (Å²) in [5.74, 6) is 0. The first-order valence-corrected chi connectivity index (χ1v) is 5.79. The number of allylic oxidation sites excluding steroid dienone is 2. The zero-order valence-electron chi connectivity index (χ0n) is 12.3. The van der Waals surface area contributed by atoms with Crippen LogP contribution in [0.2, 0.25) is 0 Å². The van der Waals surface area contributed by atoms with Crippen molar-refractivity contribution in [3.63, 3.8) is 0 Å². The Kier molecular flexibility index (Phi) is 351. The molecule has 0 fully saturated rings. The molecule has 0 atom stereocenters. The van der Waals surface area contributed by atoms with Crippen molar-refractivity contribution >= 4 is 0 Å². The van der Waals surface area contributed by atoms with Crippen LogP contribution in [0.1, 0.15) is 61.8 Å². The van der Waals surface area contributed by atoms with E-state index in [4.69, 9.17) is 0 Å². The van der Waals surface area contributed by atoms with E-state index in [9.17, 15) is 0 Å². The zero-order valence-corrected chi connectivity index (χ0v) is 13.7. The molecule has 1 radical (unpaired) electrons. The van der Waals surface area contributed by atoms with Gasteiger partial charge in [0.05, 0.1) is 0 Å². The van der Waals surface area contributed by atoms with Crippen LogP contribution in [0.15, 0.2) is 25.3 Å². The Labute approximate surface area is 112 Å². The minimum absolute atomic E-state index is 0. The van der Waals surface area contributed by atoms with E-state index in [1.54, 1.807) is 0 Å². The Morgan fingerprint density at radius 1 is 0.800 bits per heavy atom. The van der Waals surface area contributed by atoms with Crippen molar-refractivity contribution in [2.75, 3.05) is 0 Å². The van der Waals surface area contributed by atoms with Crippen molar-refractivity contribution in [3.05, 3.63) is 31.7 Å². The average Bonchev–Trinajstić information content (AvgIpc) is 2.29. The topological polar surface area (TPSA) is 0 Å². The largest absolute Gasteiger partial charge is 0.335 e. The molecule has 0 saturated carbocycles. The van der Waals surface area contributed by atoms with Crippen LogP contribution in [0, 0.1) is 6.42 Å². The molecule has 0 heterocycles. The van der Waals surface area contributed by atoms with Crippen LogP contribution in [0.25, 0.3) is 0 Å². The van der Waals surface area contributed by atoms with Crippen LogP contribution in [0.4, 0.5) is 0 Å². The summed E-state index contributed by atoms with van der Waals surface area (Å²) in [6.07, 6.45) is 6.54. The smallest absolute Gasteiger partial charge is 0 e. The molecule has 0 aliphatic heterocycles. The normalized spacial score (nSPS) is 4.53. The Hall–Kier alpha value is 0.0644. The van der Waals surface area contributed by atoms with Crippen molar-refractivity contribution in [1.82, 2.24) is 0 Å². The fourth-order valence-electron chi connectivity index (χ4n) is 0.118. The summed E-state index contributed by atoms with van der Waals surface area (Å²) in [6.45, 7) is 23.0. The standard InChI is InChI=1S/C5H8.C3H7.3C2H6.V/c1-3-5-4-2;1-3-2;3*1-2;/h3-4H,1-2,5H2;3H,1-2H3;3*1-2H3;/q;-1;;;;. The molecule has 15 heavy (non-hydrogen) atoms. The zero-order chi connectivity index (χ0) is 12.8. The van der Waals surface area contributed by atoms with Gasteiger partial charge in [0.2, 0.25) is 0 Å². The van der Waals surface area contributed by atoms with Crippen LogP contribution in [0.5, 0.6) is 0 Å². The third-order valence-electron chi connectivity index (χ3n) is 0.333. The maximum Gasteiger partial charge on any atom is 0 e. The number of hydrogen-bond acceptors (Lipinski definition) is 0. The molecule has 0 aromatic rings. The van der Waals surface area contributed by atoms with Gasteiger partial charge in [-0.3, -0.25) is 0 Å². The summed E-state index contributed by atoms with van der Waals surface area (Å²) in [4.78, 5) is 0. The second kappa shape index (κ2) is 145. The van der Waals surface area contributed by atoms with E-state index in [0.717, 1.165) is 6.42 Å². The van der Waals surface area contributed by atoms with Gasteiger partial charge in [0.15, 0.2) is 0 Å². The Bertz CT molecular complexity index is 43.3. The number of hydrogen-bond donors (Lipinski definition) is 0. The van der Waals surface area contributed by atoms with Gasteiger partial charge in [0, 0.05) is 18.6 Å². The molecule has 0 amide bonds. The summed E-state index contributed by atoms with van der Waals surface area (Å²) in [5.41, 5.74) is 0. The van der Waals surface area contributed by atoms with E-state index in [-0.39, 0.29) is 18.6 Å². The molecule has 0 rings (SSSR count). The minimum Gasteiger partial charge on any atom is -0.335 e. The van der Waals surface area contributed by atoms with E-state index in [1.165, 1.54) is 0 Å². The van der Waals surface area contributed by atoms with Gasteiger partial charge < -0.3 is 6.42 Å². The second-order valence-electron chi connectivity index (χ2n) is 1.39. The third-order valence-corrected chi connectivity index (χ3v) is 0.333. The molecule has 95 valence electrons. The molecule has 0 N–H and O–H groups in total. The molecule has 0 aliphatic rings.